The van der Waals surface area contributed by atoms with Gasteiger partial charge in [0.2, 0.25) is 5.91 Å². The summed E-state index contributed by atoms with van der Waals surface area (Å²) in [7, 11) is 1.84. The van der Waals surface area contributed by atoms with Crippen LogP contribution >= 0.6 is 0 Å². The van der Waals surface area contributed by atoms with E-state index in [0.717, 1.165) is 38.4 Å². The highest BCUT2D eigenvalue weighted by atomic mass is 16.1. The first-order valence-corrected chi connectivity index (χ1v) is 9.42. The number of guanidine groups is 1. The molecule has 0 spiro atoms. The molecule has 25 heavy (non-hydrogen) atoms. The predicted molar refractivity (Wildman–Crippen MR) is 101 cm³/mol. The fourth-order valence-corrected chi connectivity index (χ4v) is 4.25. The van der Waals surface area contributed by atoms with Crippen LogP contribution in [0.4, 0.5) is 0 Å². The fraction of sp³-hybridized carbons (Fsp3) is 0.600. The lowest BCUT2D eigenvalue weighted by Crippen LogP contribution is -2.52. The molecule has 1 aromatic carbocycles. The molecule has 5 heteroatoms. The minimum absolute atomic E-state index is 0.202. The van der Waals surface area contributed by atoms with Gasteiger partial charge in [0, 0.05) is 38.5 Å². The van der Waals surface area contributed by atoms with Gasteiger partial charge in [-0.15, -0.1) is 0 Å². The molecule has 3 rings (SSSR count). The summed E-state index contributed by atoms with van der Waals surface area (Å²) < 4.78 is 0. The summed E-state index contributed by atoms with van der Waals surface area (Å²) >= 11 is 0. The lowest BCUT2D eigenvalue weighted by atomic mass is 9.64. The standard InChI is InChI=1S/C20H30N4O/c1-22-19(24-12-5-7-16(14-24)13-18(21)25)23-15-20(10-6-11-20)17-8-3-2-4-9-17/h2-4,8-9,16H,5-7,10-15H2,1H3,(H2,21,25)(H,22,23). The minimum atomic E-state index is -0.202. The molecule has 0 bridgehead atoms. The van der Waals surface area contributed by atoms with E-state index in [9.17, 15) is 4.79 Å². The van der Waals surface area contributed by atoms with E-state index in [-0.39, 0.29) is 11.3 Å². The summed E-state index contributed by atoms with van der Waals surface area (Å²) in [5.41, 5.74) is 7.04. The Morgan fingerprint density at radius 3 is 2.68 bits per heavy atom. The average molecular weight is 342 g/mol. The molecule has 1 saturated heterocycles. The molecule has 1 heterocycles. The Morgan fingerprint density at radius 2 is 2.08 bits per heavy atom. The number of aliphatic imine (C=N–C) groups is 1. The van der Waals surface area contributed by atoms with Crippen LogP contribution < -0.4 is 11.1 Å². The monoisotopic (exact) mass is 342 g/mol. The van der Waals surface area contributed by atoms with E-state index in [1.165, 1.54) is 24.8 Å². The largest absolute Gasteiger partial charge is 0.370 e. The molecule has 0 radical (unpaired) electrons. The Labute approximate surface area is 150 Å². The zero-order valence-electron chi connectivity index (χ0n) is 15.2. The van der Waals surface area contributed by atoms with E-state index in [0.29, 0.717) is 12.3 Å². The first-order valence-electron chi connectivity index (χ1n) is 9.42. The number of nitrogens with zero attached hydrogens (tertiary/aromatic N) is 2. The van der Waals surface area contributed by atoms with Crippen molar-refractivity contribution in [3.8, 4) is 0 Å². The molecule has 2 fully saturated rings. The summed E-state index contributed by atoms with van der Waals surface area (Å²) in [6.07, 6.45) is 6.38. The zero-order valence-corrected chi connectivity index (χ0v) is 15.2. The van der Waals surface area contributed by atoms with Gasteiger partial charge in [-0.05, 0) is 37.2 Å². The van der Waals surface area contributed by atoms with Crippen molar-refractivity contribution in [2.45, 2.75) is 43.9 Å². The number of likely N-dealkylation sites (tertiary alicyclic amines) is 1. The van der Waals surface area contributed by atoms with Gasteiger partial charge in [0.05, 0.1) is 0 Å². The predicted octanol–water partition coefficient (Wildman–Crippen LogP) is 2.27. The molecular formula is C20H30N4O. The summed E-state index contributed by atoms with van der Waals surface area (Å²) in [6.45, 7) is 2.77. The highest BCUT2D eigenvalue weighted by Crippen LogP contribution is 2.43. The Hall–Kier alpha value is -2.04. The van der Waals surface area contributed by atoms with Gasteiger partial charge in [-0.25, -0.2) is 0 Å². The molecule has 1 aromatic rings. The van der Waals surface area contributed by atoms with Crippen molar-refractivity contribution in [3.63, 3.8) is 0 Å². The Bertz CT molecular complexity index is 609. The number of benzene rings is 1. The van der Waals surface area contributed by atoms with Crippen LogP contribution in [0.2, 0.25) is 0 Å². The Kier molecular flexibility index (Phi) is 5.61. The van der Waals surface area contributed by atoms with Gasteiger partial charge in [-0.2, -0.15) is 0 Å². The molecule has 0 aromatic heterocycles. The van der Waals surface area contributed by atoms with Crippen LogP contribution in [-0.4, -0.2) is 43.4 Å². The lowest BCUT2D eigenvalue weighted by molar-refractivity contribution is -0.119. The van der Waals surface area contributed by atoms with Gasteiger partial charge in [-0.1, -0.05) is 36.8 Å². The van der Waals surface area contributed by atoms with Crippen LogP contribution in [0.15, 0.2) is 35.3 Å². The number of nitrogens with two attached hydrogens (primary N) is 1. The SMILES string of the molecule is CN=C(NCC1(c2ccccc2)CCC1)N1CCCC(CC(N)=O)C1. The minimum Gasteiger partial charge on any atom is -0.370 e. The second-order valence-corrected chi connectivity index (χ2v) is 7.53. The smallest absolute Gasteiger partial charge is 0.217 e. The topological polar surface area (TPSA) is 70.7 Å². The van der Waals surface area contributed by atoms with E-state index < -0.39 is 0 Å². The highest BCUT2D eigenvalue weighted by molar-refractivity contribution is 5.80. The first kappa shape index (κ1) is 17.8. The molecule has 3 N–H and O–H groups in total. The van der Waals surface area contributed by atoms with E-state index in [1.54, 1.807) is 0 Å². The number of hydrogen-bond donors (Lipinski definition) is 2. The van der Waals surface area contributed by atoms with E-state index >= 15 is 0 Å². The number of primary amides is 1. The summed E-state index contributed by atoms with van der Waals surface area (Å²) in [6, 6.07) is 10.8. The summed E-state index contributed by atoms with van der Waals surface area (Å²) in [5, 5.41) is 3.61. The molecule has 1 aliphatic heterocycles. The van der Waals surface area contributed by atoms with Crippen molar-refractivity contribution in [1.29, 1.82) is 0 Å². The third-order valence-electron chi connectivity index (χ3n) is 5.80. The maximum Gasteiger partial charge on any atom is 0.217 e. The molecule has 1 unspecified atom stereocenters. The number of carbonyl (C=O) groups is 1. The molecular weight excluding hydrogens is 312 g/mol. The number of piperidine rings is 1. The van der Waals surface area contributed by atoms with E-state index in [4.69, 9.17) is 5.73 Å². The molecule has 1 atom stereocenters. The molecule has 5 nitrogen and oxygen atoms in total. The highest BCUT2D eigenvalue weighted by Gasteiger charge is 2.38. The second kappa shape index (κ2) is 7.89. The number of amides is 1. The third-order valence-corrected chi connectivity index (χ3v) is 5.80. The van der Waals surface area contributed by atoms with Crippen LogP contribution in [-0.2, 0) is 10.2 Å². The number of nitrogens with one attached hydrogen (secondary N) is 1. The molecule has 1 aliphatic carbocycles. The van der Waals surface area contributed by atoms with Crippen molar-refractivity contribution in [2.75, 3.05) is 26.7 Å². The van der Waals surface area contributed by atoms with Crippen LogP contribution in [0, 0.1) is 5.92 Å². The van der Waals surface area contributed by atoms with E-state index in [2.05, 4.69) is 45.5 Å². The average Bonchev–Trinajstić information content (AvgIpc) is 2.58. The Balaban J connectivity index is 1.61. The van der Waals surface area contributed by atoms with Crippen LogP contribution in [0.25, 0.3) is 0 Å². The number of hydrogen-bond acceptors (Lipinski definition) is 2. The van der Waals surface area contributed by atoms with Gasteiger partial charge < -0.3 is 16.0 Å². The molecule has 2 aliphatic rings. The zero-order chi connectivity index (χ0) is 17.7. The Morgan fingerprint density at radius 1 is 1.32 bits per heavy atom. The van der Waals surface area contributed by atoms with Crippen LogP contribution in [0.3, 0.4) is 0 Å². The van der Waals surface area contributed by atoms with Crippen molar-refractivity contribution in [3.05, 3.63) is 35.9 Å². The maximum atomic E-state index is 11.2. The van der Waals surface area contributed by atoms with Crippen molar-refractivity contribution >= 4 is 11.9 Å². The van der Waals surface area contributed by atoms with Gasteiger partial charge in [0.25, 0.3) is 0 Å². The fourth-order valence-electron chi connectivity index (χ4n) is 4.25. The third kappa shape index (κ3) is 4.14. The maximum absolute atomic E-state index is 11.2. The quantitative estimate of drug-likeness (QED) is 0.637. The van der Waals surface area contributed by atoms with Gasteiger partial charge in [-0.3, -0.25) is 9.79 Å². The summed E-state index contributed by atoms with van der Waals surface area (Å²) in [4.78, 5) is 18.0. The molecule has 1 amide bonds. The number of carbonyl (C=O) groups excluding carboxylic acids is 1. The van der Waals surface area contributed by atoms with Crippen LogP contribution in [0.1, 0.15) is 44.1 Å². The van der Waals surface area contributed by atoms with Crippen LogP contribution in [0.5, 0.6) is 0 Å². The normalized spacial score (nSPS) is 23.0. The van der Waals surface area contributed by atoms with Crippen molar-refractivity contribution in [1.82, 2.24) is 10.2 Å². The summed E-state index contributed by atoms with van der Waals surface area (Å²) in [5.74, 6) is 1.10. The van der Waals surface area contributed by atoms with Crippen molar-refractivity contribution in [2.24, 2.45) is 16.6 Å². The van der Waals surface area contributed by atoms with E-state index in [1.807, 2.05) is 7.05 Å². The number of rotatable bonds is 5. The van der Waals surface area contributed by atoms with Gasteiger partial charge in [0.1, 0.15) is 0 Å². The van der Waals surface area contributed by atoms with Gasteiger partial charge in [0.15, 0.2) is 5.96 Å². The second-order valence-electron chi connectivity index (χ2n) is 7.53. The van der Waals surface area contributed by atoms with Crippen molar-refractivity contribution < 1.29 is 4.79 Å². The van der Waals surface area contributed by atoms with Gasteiger partial charge >= 0.3 is 0 Å². The molecule has 136 valence electrons. The molecule has 1 saturated carbocycles. The lowest BCUT2D eigenvalue weighted by Gasteiger charge is -2.44. The first-order chi connectivity index (χ1) is 12.1.